The van der Waals surface area contributed by atoms with Crippen molar-refractivity contribution in [2.75, 3.05) is 0 Å². The summed E-state index contributed by atoms with van der Waals surface area (Å²) < 4.78 is 39.5. The topological polar surface area (TPSA) is 12.9 Å². The zero-order valence-corrected chi connectivity index (χ0v) is 14.5. The third-order valence-electron chi connectivity index (χ3n) is 4.64. The summed E-state index contributed by atoms with van der Waals surface area (Å²) in [4.78, 5) is 4.50. The van der Waals surface area contributed by atoms with Crippen LogP contribution in [0.1, 0.15) is 25.0 Å². The SMILES string of the molecule is Cc1ccccc1-c1nccc2cc(CC(C)(C)C(F)(F)F)ccc12. The van der Waals surface area contributed by atoms with Crippen molar-refractivity contribution < 1.29 is 13.2 Å². The number of alkyl halides is 3. The van der Waals surface area contributed by atoms with Crippen LogP contribution in [0.2, 0.25) is 0 Å². The highest BCUT2D eigenvalue weighted by atomic mass is 19.4. The molecule has 1 heterocycles. The number of halogens is 3. The number of benzene rings is 2. The lowest BCUT2D eigenvalue weighted by atomic mass is 9.84. The van der Waals surface area contributed by atoms with Crippen molar-refractivity contribution in [3.63, 3.8) is 0 Å². The van der Waals surface area contributed by atoms with Crippen LogP contribution in [0.5, 0.6) is 0 Å². The minimum atomic E-state index is -4.23. The van der Waals surface area contributed by atoms with Crippen LogP contribution >= 0.6 is 0 Å². The van der Waals surface area contributed by atoms with Crippen molar-refractivity contribution in [1.82, 2.24) is 4.98 Å². The van der Waals surface area contributed by atoms with E-state index >= 15 is 0 Å². The van der Waals surface area contributed by atoms with Crippen molar-refractivity contribution in [3.05, 3.63) is 65.9 Å². The van der Waals surface area contributed by atoms with Crippen LogP contribution in [0.3, 0.4) is 0 Å². The molecule has 25 heavy (non-hydrogen) atoms. The molecule has 0 atom stereocenters. The standard InChI is InChI=1S/C21H20F3N/c1-14-6-4-5-7-17(14)19-18-9-8-15(12-16(18)10-11-25-19)13-20(2,3)21(22,23)24/h4-12H,13H2,1-3H3. The molecule has 1 aromatic heterocycles. The van der Waals surface area contributed by atoms with Gasteiger partial charge in [-0.1, -0.05) is 56.3 Å². The van der Waals surface area contributed by atoms with Crippen molar-refractivity contribution in [2.24, 2.45) is 5.41 Å². The van der Waals surface area contributed by atoms with Gasteiger partial charge < -0.3 is 0 Å². The lowest BCUT2D eigenvalue weighted by Gasteiger charge is -2.27. The molecule has 0 saturated carbocycles. The van der Waals surface area contributed by atoms with Gasteiger partial charge in [-0.2, -0.15) is 13.2 Å². The van der Waals surface area contributed by atoms with Gasteiger partial charge in [0, 0.05) is 17.1 Å². The molecule has 0 N–H and O–H groups in total. The van der Waals surface area contributed by atoms with Crippen molar-refractivity contribution in [2.45, 2.75) is 33.4 Å². The minimum absolute atomic E-state index is 0.0472. The van der Waals surface area contributed by atoms with E-state index < -0.39 is 11.6 Å². The van der Waals surface area contributed by atoms with E-state index in [0.717, 1.165) is 27.6 Å². The second-order valence-electron chi connectivity index (χ2n) is 7.09. The first kappa shape index (κ1) is 17.5. The Morgan fingerprint density at radius 3 is 2.36 bits per heavy atom. The Hall–Kier alpha value is -2.36. The summed E-state index contributed by atoms with van der Waals surface area (Å²) in [5.74, 6) is 0. The van der Waals surface area contributed by atoms with Gasteiger partial charge >= 0.3 is 6.18 Å². The minimum Gasteiger partial charge on any atom is -0.256 e. The van der Waals surface area contributed by atoms with Gasteiger partial charge in [0.25, 0.3) is 0 Å². The van der Waals surface area contributed by atoms with Gasteiger partial charge in [-0.3, -0.25) is 4.98 Å². The molecule has 0 amide bonds. The smallest absolute Gasteiger partial charge is 0.256 e. The summed E-state index contributed by atoms with van der Waals surface area (Å²) >= 11 is 0. The summed E-state index contributed by atoms with van der Waals surface area (Å²) in [6, 6.07) is 15.3. The third kappa shape index (κ3) is 3.39. The highest BCUT2D eigenvalue weighted by Gasteiger charge is 2.46. The highest BCUT2D eigenvalue weighted by Crippen LogP contribution is 2.40. The summed E-state index contributed by atoms with van der Waals surface area (Å²) in [5.41, 5.74) is 1.93. The molecule has 0 aliphatic rings. The average molecular weight is 343 g/mol. The lowest BCUT2D eigenvalue weighted by molar-refractivity contribution is -0.211. The molecule has 130 valence electrons. The van der Waals surface area contributed by atoms with Crippen LogP contribution in [0, 0.1) is 12.3 Å². The number of aryl methyl sites for hydroxylation is 1. The molecule has 0 aliphatic carbocycles. The first-order chi connectivity index (χ1) is 11.7. The molecule has 4 heteroatoms. The first-order valence-corrected chi connectivity index (χ1v) is 8.19. The molecular weight excluding hydrogens is 323 g/mol. The van der Waals surface area contributed by atoms with Gasteiger partial charge in [0.05, 0.1) is 11.1 Å². The zero-order valence-electron chi connectivity index (χ0n) is 14.5. The van der Waals surface area contributed by atoms with E-state index in [4.69, 9.17) is 0 Å². The Morgan fingerprint density at radius 1 is 0.960 bits per heavy atom. The maximum Gasteiger partial charge on any atom is 0.394 e. The van der Waals surface area contributed by atoms with Gasteiger partial charge in [-0.25, -0.2) is 0 Å². The molecule has 3 aromatic rings. The molecule has 0 unspecified atom stereocenters. The molecule has 2 aromatic carbocycles. The number of aromatic nitrogens is 1. The number of fused-ring (bicyclic) bond motifs is 1. The van der Waals surface area contributed by atoms with Gasteiger partial charge in [0.2, 0.25) is 0 Å². The summed E-state index contributed by atoms with van der Waals surface area (Å²) in [6.07, 6.45) is -2.57. The molecule has 1 nitrogen and oxygen atoms in total. The monoisotopic (exact) mass is 343 g/mol. The van der Waals surface area contributed by atoms with Crippen molar-refractivity contribution in [3.8, 4) is 11.3 Å². The largest absolute Gasteiger partial charge is 0.394 e. The Morgan fingerprint density at radius 2 is 1.68 bits per heavy atom. The fourth-order valence-corrected chi connectivity index (χ4v) is 3.00. The molecule has 0 spiro atoms. The van der Waals surface area contributed by atoms with E-state index in [1.54, 1.807) is 12.3 Å². The maximum absolute atomic E-state index is 13.2. The first-order valence-electron chi connectivity index (χ1n) is 8.19. The molecule has 3 rings (SSSR count). The molecule has 0 radical (unpaired) electrons. The van der Waals surface area contributed by atoms with E-state index in [0.29, 0.717) is 5.56 Å². The average Bonchev–Trinajstić information content (AvgIpc) is 2.53. The third-order valence-corrected chi connectivity index (χ3v) is 4.64. The van der Waals surface area contributed by atoms with E-state index in [1.165, 1.54) is 13.8 Å². The summed E-state index contributed by atoms with van der Waals surface area (Å²) in [5, 5.41) is 1.86. The quantitative estimate of drug-likeness (QED) is 0.540. The van der Waals surface area contributed by atoms with Crippen molar-refractivity contribution >= 4 is 10.8 Å². The van der Waals surface area contributed by atoms with Crippen LogP contribution < -0.4 is 0 Å². The van der Waals surface area contributed by atoms with Crippen LogP contribution in [-0.4, -0.2) is 11.2 Å². The fourth-order valence-electron chi connectivity index (χ4n) is 3.00. The Bertz CT molecular complexity index is 910. The second-order valence-corrected chi connectivity index (χ2v) is 7.09. The number of hydrogen-bond acceptors (Lipinski definition) is 1. The summed E-state index contributed by atoms with van der Waals surface area (Å²) in [6.45, 7) is 4.50. The van der Waals surface area contributed by atoms with Gasteiger partial charge in [0.15, 0.2) is 0 Å². The Kier molecular flexibility index (Phi) is 4.31. The van der Waals surface area contributed by atoms with E-state index in [2.05, 4.69) is 4.98 Å². The lowest BCUT2D eigenvalue weighted by Crippen LogP contribution is -2.34. The normalized spacial score (nSPS) is 12.6. The van der Waals surface area contributed by atoms with Crippen molar-refractivity contribution in [1.29, 1.82) is 0 Å². The predicted octanol–water partition coefficient (Wildman–Crippen LogP) is 6.34. The van der Waals surface area contributed by atoms with Gasteiger partial charge in [0.1, 0.15) is 0 Å². The van der Waals surface area contributed by atoms with E-state index in [1.807, 2.05) is 49.4 Å². The Balaban J connectivity index is 2.05. The molecule has 0 saturated heterocycles. The summed E-state index contributed by atoms with van der Waals surface area (Å²) in [7, 11) is 0. The van der Waals surface area contributed by atoms with Crippen LogP contribution in [0.4, 0.5) is 13.2 Å². The number of nitrogens with zero attached hydrogens (tertiary/aromatic N) is 1. The van der Waals surface area contributed by atoms with E-state index in [9.17, 15) is 13.2 Å². The predicted molar refractivity (Wildman–Crippen MR) is 95.5 cm³/mol. The molecule has 0 bridgehead atoms. The van der Waals surface area contributed by atoms with Crippen LogP contribution in [-0.2, 0) is 6.42 Å². The fraction of sp³-hybridized carbons (Fsp3) is 0.286. The second kappa shape index (κ2) is 6.17. The van der Waals surface area contributed by atoms with Gasteiger partial charge in [-0.15, -0.1) is 0 Å². The zero-order chi connectivity index (χ0) is 18.2. The van der Waals surface area contributed by atoms with E-state index in [-0.39, 0.29) is 6.42 Å². The van der Waals surface area contributed by atoms with Crippen LogP contribution in [0.15, 0.2) is 54.7 Å². The highest BCUT2D eigenvalue weighted by molar-refractivity contribution is 5.95. The molecule has 0 fully saturated rings. The number of hydrogen-bond donors (Lipinski definition) is 0. The number of pyridine rings is 1. The van der Waals surface area contributed by atoms with Crippen LogP contribution in [0.25, 0.3) is 22.0 Å². The molecule has 0 aliphatic heterocycles. The number of rotatable bonds is 3. The Labute approximate surface area is 145 Å². The maximum atomic E-state index is 13.2. The molecular formula is C21H20F3N. The van der Waals surface area contributed by atoms with Gasteiger partial charge in [-0.05, 0) is 35.9 Å².